The van der Waals surface area contributed by atoms with Gasteiger partial charge in [0.15, 0.2) is 0 Å². The number of nitrogens with one attached hydrogen (secondary N) is 2. The Bertz CT molecular complexity index is 786. The molecule has 5 nitrogen and oxygen atoms in total. The average molecular weight is 338 g/mol. The number of hydrogen-bond acceptors (Lipinski definition) is 2. The zero-order valence-electron chi connectivity index (χ0n) is 15.1. The summed E-state index contributed by atoms with van der Waals surface area (Å²) in [5, 5.41) is 3.95. The van der Waals surface area contributed by atoms with E-state index in [0.717, 1.165) is 23.0 Å². The van der Waals surface area contributed by atoms with Crippen molar-refractivity contribution in [3.63, 3.8) is 0 Å². The molecule has 0 unspecified atom stereocenters. The van der Waals surface area contributed by atoms with Gasteiger partial charge in [0.1, 0.15) is 5.65 Å². The Hall–Kier alpha value is -2.82. The quantitative estimate of drug-likeness (QED) is 0.729. The Morgan fingerprint density at radius 2 is 2.28 bits per heavy atom. The molecule has 0 spiro atoms. The molecule has 0 aliphatic heterocycles. The second kappa shape index (κ2) is 8.87. The summed E-state index contributed by atoms with van der Waals surface area (Å²) in [6, 6.07) is 3.82. The van der Waals surface area contributed by atoms with Crippen LogP contribution in [-0.4, -0.2) is 26.9 Å². The molecule has 5 heteroatoms. The topological polar surface area (TPSA) is 61.0 Å². The summed E-state index contributed by atoms with van der Waals surface area (Å²) in [7, 11) is 0. The number of aromatic amines is 1. The van der Waals surface area contributed by atoms with Crippen molar-refractivity contribution in [1.82, 2.24) is 20.2 Å². The summed E-state index contributed by atoms with van der Waals surface area (Å²) < 4.78 is 0. The number of hydrogen-bond donors (Lipinski definition) is 2. The molecule has 0 saturated carbocycles. The largest absolute Gasteiger partial charge is 0.346 e. The van der Waals surface area contributed by atoms with Gasteiger partial charge in [0.05, 0.1) is 0 Å². The second-order valence-electron chi connectivity index (χ2n) is 6.03. The Morgan fingerprint density at radius 3 is 2.96 bits per heavy atom. The lowest BCUT2D eigenvalue weighted by molar-refractivity contribution is 0.183. The predicted molar refractivity (Wildman–Crippen MR) is 103 cm³/mol. The van der Waals surface area contributed by atoms with Crippen LogP contribution in [0.5, 0.6) is 0 Å². The minimum atomic E-state index is -0.149. The minimum absolute atomic E-state index is 0.0545. The molecule has 0 aromatic carbocycles. The first kappa shape index (κ1) is 18.5. The summed E-state index contributed by atoms with van der Waals surface area (Å²) in [4.78, 5) is 22.0. The molecule has 25 heavy (non-hydrogen) atoms. The number of carbonyl (C=O) groups excluding carboxylic acids is 1. The smallest absolute Gasteiger partial charge is 0.322 e. The van der Waals surface area contributed by atoms with Crippen LogP contribution in [0.15, 0.2) is 61.1 Å². The lowest BCUT2D eigenvalue weighted by Crippen LogP contribution is -2.42. The van der Waals surface area contributed by atoms with E-state index in [4.69, 9.17) is 0 Å². The maximum absolute atomic E-state index is 12.7. The second-order valence-corrected chi connectivity index (χ2v) is 6.03. The van der Waals surface area contributed by atoms with Crippen LogP contribution in [-0.2, 0) is 6.54 Å². The number of carbonyl (C=O) groups is 1. The van der Waals surface area contributed by atoms with Crippen LogP contribution < -0.4 is 5.32 Å². The van der Waals surface area contributed by atoms with Crippen molar-refractivity contribution in [2.24, 2.45) is 0 Å². The van der Waals surface area contributed by atoms with E-state index in [0.29, 0.717) is 12.2 Å². The molecular formula is C20H26N4O. The highest BCUT2D eigenvalue weighted by molar-refractivity contribution is 5.81. The number of rotatable bonds is 7. The first-order valence-corrected chi connectivity index (χ1v) is 8.54. The number of pyridine rings is 1. The van der Waals surface area contributed by atoms with E-state index in [1.807, 2.05) is 50.4 Å². The minimum Gasteiger partial charge on any atom is -0.346 e. The van der Waals surface area contributed by atoms with Gasteiger partial charge in [0, 0.05) is 36.1 Å². The van der Waals surface area contributed by atoms with Gasteiger partial charge >= 0.3 is 6.03 Å². The van der Waals surface area contributed by atoms with Crippen LogP contribution in [0.25, 0.3) is 11.0 Å². The molecule has 132 valence electrons. The molecule has 0 aliphatic rings. The third-order valence-electron chi connectivity index (χ3n) is 3.88. The first-order chi connectivity index (χ1) is 12.1. The summed E-state index contributed by atoms with van der Waals surface area (Å²) in [6.45, 7) is 10.3. The molecule has 0 fully saturated rings. The van der Waals surface area contributed by atoms with Gasteiger partial charge in [-0.25, -0.2) is 9.78 Å². The fourth-order valence-electron chi connectivity index (χ4n) is 2.48. The van der Waals surface area contributed by atoms with Crippen molar-refractivity contribution in [3.05, 3.63) is 66.7 Å². The van der Waals surface area contributed by atoms with Gasteiger partial charge in [-0.1, -0.05) is 25.7 Å². The predicted octanol–water partition coefficient (Wildman–Crippen LogP) is 4.52. The molecule has 0 bridgehead atoms. The molecule has 2 amide bonds. The molecule has 2 N–H and O–H groups in total. The standard InChI is InChI=1S/C20H26N4O/c1-5-7-8-10-17(6-2)23-20(25)24(15(3)4)14-16-13-22-19-18(16)11-9-12-21-19/h6-13,15H,2,5,14H2,1,3-4H3,(H,21,22)(H,23,25)/b8-7-,17-10+. The molecule has 2 heterocycles. The van der Waals surface area contributed by atoms with E-state index in [2.05, 4.69) is 28.8 Å². The van der Waals surface area contributed by atoms with Gasteiger partial charge in [0.25, 0.3) is 0 Å². The van der Waals surface area contributed by atoms with Crippen molar-refractivity contribution in [1.29, 1.82) is 0 Å². The van der Waals surface area contributed by atoms with Gasteiger partial charge in [-0.3, -0.25) is 0 Å². The van der Waals surface area contributed by atoms with E-state index in [1.54, 1.807) is 17.2 Å². The van der Waals surface area contributed by atoms with Crippen molar-refractivity contribution in [3.8, 4) is 0 Å². The lowest BCUT2D eigenvalue weighted by atomic mass is 10.2. The molecule has 0 aliphatic carbocycles. The van der Waals surface area contributed by atoms with Crippen LogP contribution in [0.4, 0.5) is 4.79 Å². The highest BCUT2D eigenvalue weighted by atomic mass is 16.2. The number of fused-ring (bicyclic) bond motifs is 1. The Balaban J connectivity index is 2.17. The van der Waals surface area contributed by atoms with Crippen LogP contribution in [0.2, 0.25) is 0 Å². The van der Waals surface area contributed by atoms with Crippen LogP contribution in [0.3, 0.4) is 0 Å². The summed E-state index contributed by atoms with van der Waals surface area (Å²) in [6.07, 6.45) is 12.0. The van der Waals surface area contributed by atoms with E-state index in [-0.39, 0.29) is 12.1 Å². The average Bonchev–Trinajstić information content (AvgIpc) is 3.01. The Morgan fingerprint density at radius 1 is 1.48 bits per heavy atom. The van der Waals surface area contributed by atoms with Gasteiger partial charge in [0.2, 0.25) is 0 Å². The van der Waals surface area contributed by atoms with Gasteiger partial charge < -0.3 is 15.2 Å². The van der Waals surface area contributed by atoms with E-state index in [1.165, 1.54) is 0 Å². The number of H-pyrrole nitrogens is 1. The van der Waals surface area contributed by atoms with Crippen LogP contribution in [0, 0.1) is 0 Å². The van der Waals surface area contributed by atoms with E-state index < -0.39 is 0 Å². The molecule has 2 aromatic heterocycles. The van der Waals surface area contributed by atoms with Crippen molar-refractivity contribution >= 4 is 17.1 Å². The number of aromatic nitrogens is 2. The number of amides is 2. The van der Waals surface area contributed by atoms with Crippen LogP contribution >= 0.6 is 0 Å². The molecule has 2 aromatic rings. The van der Waals surface area contributed by atoms with E-state index >= 15 is 0 Å². The summed E-state index contributed by atoms with van der Waals surface area (Å²) in [5.41, 5.74) is 2.56. The summed E-state index contributed by atoms with van der Waals surface area (Å²) >= 11 is 0. The Kier molecular flexibility index (Phi) is 6.57. The lowest BCUT2D eigenvalue weighted by Gasteiger charge is -2.27. The van der Waals surface area contributed by atoms with Gasteiger partial charge in [-0.05, 0) is 50.1 Å². The number of nitrogens with zero attached hydrogens (tertiary/aromatic N) is 2. The van der Waals surface area contributed by atoms with Crippen LogP contribution in [0.1, 0.15) is 32.8 Å². The SMILES string of the molecule is C=C/C(=C\C=C/CC)NC(=O)N(Cc1c[nH]c2ncccc12)C(C)C. The maximum atomic E-state index is 12.7. The Labute approximate surface area is 149 Å². The highest BCUT2D eigenvalue weighted by Gasteiger charge is 2.19. The van der Waals surface area contributed by atoms with Crippen molar-refractivity contribution in [2.75, 3.05) is 0 Å². The monoisotopic (exact) mass is 338 g/mol. The fraction of sp³-hybridized carbons (Fsp3) is 0.300. The van der Waals surface area contributed by atoms with E-state index in [9.17, 15) is 4.79 Å². The molecule has 0 saturated heterocycles. The zero-order chi connectivity index (χ0) is 18.2. The zero-order valence-corrected chi connectivity index (χ0v) is 15.1. The first-order valence-electron chi connectivity index (χ1n) is 8.54. The van der Waals surface area contributed by atoms with Crippen molar-refractivity contribution < 1.29 is 4.79 Å². The highest BCUT2D eigenvalue weighted by Crippen LogP contribution is 2.19. The fourth-order valence-corrected chi connectivity index (χ4v) is 2.48. The molecule has 2 rings (SSSR count). The van der Waals surface area contributed by atoms with Gasteiger partial charge in [-0.15, -0.1) is 0 Å². The normalized spacial score (nSPS) is 12.1. The molecule has 0 atom stereocenters. The third kappa shape index (κ3) is 4.83. The summed E-state index contributed by atoms with van der Waals surface area (Å²) in [5.74, 6) is 0. The number of urea groups is 1. The molecular weight excluding hydrogens is 312 g/mol. The van der Waals surface area contributed by atoms with Gasteiger partial charge in [-0.2, -0.15) is 0 Å². The maximum Gasteiger partial charge on any atom is 0.322 e. The number of allylic oxidation sites excluding steroid dienone is 4. The molecule has 0 radical (unpaired) electrons. The third-order valence-corrected chi connectivity index (χ3v) is 3.88. The van der Waals surface area contributed by atoms with Crippen molar-refractivity contribution in [2.45, 2.75) is 39.8 Å².